The summed E-state index contributed by atoms with van der Waals surface area (Å²) >= 11 is 3.45. The number of aliphatic hydroxyl groups is 1. The van der Waals surface area contributed by atoms with Gasteiger partial charge >= 0.3 is 0 Å². The van der Waals surface area contributed by atoms with Crippen LogP contribution in [0.3, 0.4) is 0 Å². The van der Waals surface area contributed by atoms with Gasteiger partial charge in [0.05, 0.1) is 11.9 Å². The first-order valence-electron chi connectivity index (χ1n) is 4.88. The van der Waals surface area contributed by atoms with Gasteiger partial charge < -0.3 is 5.11 Å². The number of aryl methyl sites for hydroxylation is 2. The first kappa shape index (κ1) is 11.3. The molecule has 1 N–H and O–H groups in total. The van der Waals surface area contributed by atoms with Gasteiger partial charge in [-0.25, -0.2) is 4.68 Å². The Hall–Kier alpha value is -1.20. The van der Waals surface area contributed by atoms with Crippen LogP contribution in [-0.4, -0.2) is 20.1 Å². The normalized spacial score (nSPS) is 12.8. The highest BCUT2D eigenvalue weighted by molar-refractivity contribution is 9.10. The summed E-state index contributed by atoms with van der Waals surface area (Å²) in [5.74, 6) is 0. The van der Waals surface area contributed by atoms with Crippen molar-refractivity contribution in [3.63, 3.8) is 0 Å². The van der Waals surface area contributed by atoms with Crippen LogP contribution in [0, 0.1) is 6.92 Å². The van der Waals surface area contributed by atoms with Gasteiger partial charge in [-0.1, -0.05) is 33.3 Å². The SMILES string of the molecule is Cc1ccc(C(O)c2cnnn2C)c(Br)c1. The van der Waals surface area contributed by atoms with Gasteiger partial charge in [-0.05, 0) is 18.6 Å². The van der Waals surface area contributed by atoms with Crippen LogP contribution in [0.15, 0.2) is 28.9 Å². The molecule has 1 aromatic carbocycles. The maximum absolute atomic E-state index is 10.2. The van der Waals surface area contributed by atoms with Crippen LogP contribution in [0.1, 0.15) is 22.9 Å². The number of aromatic nitrogens is 3. The molecule has 0 aliphatic carbocycles. The fourth-order valence-electron chi connectivity index (χ4n) is 1.56. The zero-order valence-corrected chi connectivity index (χ0v) is 10.6. The van der Waals surface area contributed by atoms with Crippen LogP contribution in [0.25, 0.3) is 0 Å². The highest BCUT2D eigenvalue weighted by Crippen LogP contribution is 2.28. The maximum Gasteiger partial charge on any atom is 0.123 e. The number of halogens is 1. The quantitative estimate of drug-likeness (QED) is 0.916. The lowest BCUT2D eigenvalue weighted by Crippen LogP contribution is -2.07. The number of aliphatic hydroxyl groups excluding tert-OH is 1. The average molecular weight is 282 g/mol. The minimum atomic E-state index is -0.713. The van der Waals surface area contributed by atoms with Crippen molar-refractivity contribution in [2.45, 2.75) is 13.0 Å². The summed E-state index contributed by atoms with van der Waals surface area (Å²) in [6.07, 6.45) is 0.853. The van der Waals surface area contributed by atoms with E-state index in [1.165, 1.54) is 0 Å². The lowest BCUT2D eigenvalue weighted by molar-refractivity contribution is 0.209. The molecule has 0 aliphatic heterocycles. The van der Waals surface area contributed by atoms with Crippen molar-refractivity contribution in [3.8, 4) is 0 Å². The number of hydrogen-bond donors (Lipinski definition) is 1. The summed E-state index contributed by atoms with van der Waals surface area (Å²) in [5, 5.41) is 17.8. The molecule has 2 rings (SSSR count). The molecule has 16 heavy (non-hydrogen) atoms. The first-order chi connectivity index (χ1) is 7.59. The second-order valence-electron chi connectivity index (χ2n) is 3.71. The zero-order valence-electron chi connectivity index (χ0n) is 9.05. The van der Waals surface area contributed by atoms with Crippen LogP contribution in [0.4, 0.5) is 0 Å². The molecule has 2 aromatic rings. The van der Waals surface area contributed by atoms with Crippen LogP contribution >= 0.6 is 15.9 Å². The minimum absolute atomic E-state index is 0.671. The lowest BCUT2D eigenvalue weighted by Gasteiger charge is -2.12. The Morgan fingerprint density at radius 3 is 2.75 bits per heavy atom. The van der Waals surface area contributed by atoms with Crippen LogP contribution in [0.5, 0.6) is 0 Å². The molecule has 0 fully saturated rings. The summed E-state index contributed by atoms with van der Waals surface area (Å²) in [6, 6.07) is 5.84. The summed E-state index contributed by atoms with van der Waals surface area (Å²) in [7, 11) is 1.76. The van der Waals surface area contributed by atoms with Crippen molar-refractivity contribution in [2.75, 3.05) is 0 Å². The molecule has 1 atom stereocenters. The fraction of sp³-hybridized carbons (Fsp3) is 0.273. The second kappa shape index (κ2) is 4.35. The molecular formula is C11H12BrN3O. The van der Waals surface area contributed by atoms with Crippen molar-refractivity contribution < 1.29 is 5.11 Å². The number of nitrogens with zero attached hydrogens (tertiary/aromatic N) is 3. The summed E-state index contributed by atoms with van der Waals surface area (Å²) in [4.78, 5) is 0. The van der Waals surface area contributed by atoms with Gasteiger partial charge in [0, 0.05) is 17.1 Å². The Balaban J connectivity index is 2.41. The van der Waals surface area contributed by atoms with E-state index >= 15 is 0 Å². The maximum atomic E-state index is 10.2. The van der Waals surface area contributed by atoms with Crippen molar-refractivity contribution in [1.82, 2.24) is 15.0 Å². The molecule has 0 amide bonds. The summed E-state index contributed by atoms with van der Waals surface area (Å²) in [5.41, 5.74) is 2.63. The molecule has 1 aromatic heterocycles. The predicted molar refractivity (Wildman–Crippen MR) is 63.9 cm³/mol. The third-order valence-electron chi connectivity index (χ3n) is 2.48. The van der Waals surface area contributed by atoms with E-state index in [2.05, 4.69) is 26.2 Å². The van der Waals surface area contributed by atoms with E-state index in [1.54, 1.807) is 17.9 Å². The second-order valence-corrected chi connectivity index (χ2v) is 4.56. The molecule has 1 heterocycles. The Bertz CT molecular complexity index is 510. The Labute approximate surface area is 102 Å². The van der Waals surface area contributed by atoms with E-state index in [4.69, 9.17) is 0 Å². The van der Waals surface area contributed by atoms with Crippen molar-refractivity contribution in [1.29, 1.82) is 0 Å². The van der Waals surface area contributed by atoms with E-state index in [9.17, 15) is 5.11 Å². The average Bonchev–Trinajstić information content (AvgIpc) is 2.63. The Morgan fingerprint density at radius 2 is 2.19 bits per heavy atom. The number of rotatable bonds is 2. The van der Waals surface area contributed by atoms with Crippen LogP contribution in [0.2, 0.25) is 0 Å². The minimum Gasteiger partial charge on any atom is -0.382 e. The van der Waals surface area contributed by atoms with Gasteiger partial charge in [-0.2, -0.15) is 0 Å². The Morgan fingerprint density at radius 1 is 1.44 bits per heavy atom. The first-order valence-corrected chi connectivity index (χ1v) is 5.67. The monoisotopic (exact) mass is 281 g/mol. The van der Waals surface area contributed by atoms with Gasteiger partial charge in [0.1, 0.15) is 6.10 Å². The highest BCUT2D eigenvalue weighted by atomic mass is 79.9. The van der Waals surface area contributed by atoms with Gasteiger partial charge in [-0.3, -0.25) is 0 Å². The Kier molecular flexibility index (Phi) is 3.07. The van der Waals surface area contributed by atoms with E-state index in [1.807, 2.05) is 25.1 Å². The van der Waals surface area contributed by atoms with Crippen LogP contribution < -0.4 is 0 Å². The molecule has 0 spiro atoms. The van der Waals surface area contributed by atoms with Crippen LogP contribution in [-0.2, 0) is 7.05 Å². The standard InChI is InChI=1S/C11H12BrN3O/c1-7-3-4-8(9(12)5-7)11(16)10-6-13-14-15(10)2/h3-6,11,16H,1-2H3. The van der Waals surface area contributed by atoms with Gasteiger partial charge in [0.15, 0.2) is 0 Å². The third-order valence-corrected chi connectivity index (χ3v) is 3.17. The number of benzene rings is 1. The molecule has 0 radical (unpaired) electrons. The molecule has 1 unspecified atom stereocenters. The van der Waals surface area contributed by atoms with E-state index in [-0.39, 0.29) is 0 Å². The van der Waals surface area contributed by atoms with Crippen molar-refractivity contribution in [2.24, 2.45) is 7.05 Å². The van der Waals surface area contributed by atoms with E-state index in [0.29, 0.717) is 5.69 Å². The topological polar surface area (TPSA) is 50.9 Å². The summed E-state index contributed by atoms with van der Waals surface area (Å²) in [6.45, 7) is 2.01. The summed E-state index contributed by atoms with van der Waals surface area (Å²) < 4.78 is 2.46. The molecule has 0 saturated heterocycles. The van der Waals surface area contributed by atoms with E-state index < -0.39 is 6.10 Å². The van der Waals surface area contributed by atoms with E-state index in [0.717, 1.165) is 15.6 Å². The molecule has 4 nitrogen and oxygen atoms in total. The molecular weight excluding hydrogens is 270 g/mol. The lowest BCUT2D eigenvalue weighted by atomic mass is 10.1. The molecule has 5 heteroatoms. The smallest absolute Gasteiger partial charge is 0.123 e. The molecule has 0 bridgehead atoms. The molecule has 84 valence electrons. The predicted octanol–water partition coefficient (Wildman–Crippen LogP) is 1.97. The fourth-order valence-corrected chi connectivity index (χ4v) is 2.27. The van der Waals surface area contributed by atoms with Gasteiger partial charge in [-0.15, -0.1) is 5.10 Å². The molecule has 0 aliphatic rings. The largest absolute Gasteiger partial charge is 0.382 e. The highest BCUT2D eigenvalue weighted by Gasteiger charge is 2.17. The third kappa shape index (κ3) is 2.01. The van der Waals surface area contributed by atoms with Crippen molar-refractivity contribution in [3.05, 3.63) is 45.7 Å². The van der Waals surface area contributed by atoms with Gasteiger partial charge in [0.2, 0.25) is 0 Å². The molecule has 0 saturated carbocycles. The van der Waals surface area contributed by atoms with Gasteiger partial charge in [0.25, 0.3) is 0 Å². The van der Waals surface area contributed by atoms with Crippen molar-refractivity contribution >= 4 is 15.9 Å². The number of hydrogen-bond acceptors (Lipinski definition) is 3. The zero-order chi connectivity index (χ0) is 11.7.